The van der Waals surface area contributed by atoms with Crippen molar-refractivity contribution in [2.75, 3.05) is 24.0 Å². The van der Waals surface area contributed by atoms with Crippen LogP contribution in [-0.4, -0.2) is 66.0 Å². The number of halogens is 12. The molecule has 61 heavy (non-hydrogen) atoms. The Kier molecular flexibility index (Phi) is 10.1. The summed E-state index contributed by atoms with van der Waals surface area (Å²) in [6.07, 6.45) is 1.02. The summed E-state index contributed by atoms with van der Waals surface area (Å²) in [7, 11) is 2.97. The number of alkyl halides is 8. The maximum Gasteiger partial charge on any atom is 0.237 e. The van der Waals surface area contributed by atoms with Crippen molar-refractivity contribution < 1.29 is 28.7 Å². The minimum absolute atomic E-state index is 0.0571. The first-order valence-electron chi connectivity index (χ1n) is 19.2. The molecule has 4 saturated carbocycles. The summed E-state index contributed by atoms with van der Waals surface area (Å²) in [5.41, 5.74) is 2.06. The van der Waals surface area contributed by atoms with Gasteiger partial charge in [0.15, 0.2) is 8.67 Å². The van der Waals surface area contributed by atoms with Crippen molar-refractivity contribution in [1.82, 2.24) is 0 Å². The topological polar surface area (TPSA) is 93.2 Å². The fourth-order valence-corrected chi connectivity index (χ4v) is 18.4. The SMILES string of the molecule is COc1cc(N2C(=O)C3CC4C(CC3C2=O)C2(Cl)C(Cl)=C(Cl)C4(Cl)C2(Cl)Cl)ccc1Cc1ccc(N2C(=O)C3CC4C(CC3C2=O)C2(Cl)C(Cl)=C(Cl)C4(Cl)C2(Cl)Cl)cc1OC. The molecule has 0 radical (unpaired) electrons. The smallest absolute Gasteiger partial charge is 0.237 e. The zero-order valence-corrected chi connectivity index (χ0v) is 40.6. The highest BCUT2D eigenvalue weighted by atomic mass is 35.5. The van der Waals surface area contributed by atoms with Crippen LogP contribution in [0.2, 0.25) is 0 Å². The number of methoxy groups -OCH3 is 2. The Morgan fingerprint density at radius 2 is 0.754 bits per heavy atom. The van der Waals surface area contributed by atoms with Gasteiger partial charge in [0.25, 0.3) is 0 Å². The molecule has 6 fully saturated rings. The number of anilines is 2. The molecule has 6 aliphatic carbocycles. The normalized spacial score (nSPS) is 41.2. The molecular weight excluding hydrogens is 1040 g/mol. The third-order valence-corrected chi connectivity index (χ3v) is 23.8. The van der Waals surface area contributed by atoms with Gasteiger partial charge in [0.1, 0.15) is 31.0 Å². The van der Waals surface area contributed by atoms with E-state index in [1.807, 2.05) is 0 Å². The van der Waals surface area contributed by atoms with Crippen molar-refractivity contribution in [3.8, 4) is 11.5 Å². The first-order chi connectivity index (χ1) is 28.5. The highest BCUT2D eigenvalue weighted by Gasteiger charge is 2.85. The van der Waals surface area contributed by atoms with Crippen molar-refractivity contribution in [2.24, 2.45) is 47.3 Å². The molecule has 4 amide bonds. The van der Waals surface area contributed by atoms with Crippen molar-refractivity contribution in [1.29, 1.82) is 0 Å². The lowest BCUT2D eigenvalue weighted by molar-refractivity contribution is -0.124. The van der Waals surface area contributed by atoms with Crippen LogP contribution < -0.4 is 19.3 Å². The second kappa shape index (κ2) is 13.9. The zero-order chi connectivity index (χ0) is 44.0. The highest BCUT2D eigenvalue weighted by Crippen LogP contribution is 2.80. The van der Waals surface area contributed by atoms with Gasteiger partial charge < -0.3 is 9.47 Å². The number of benzene rings is 2. The fraction of sp³-hybridized carbons (Fsp3) is 0.512. The number of allylic oxidation sites excluding steroid dienone is 4. The Morgan fingerprint density at radius 1 is 0.492 bits per heavy atom. The molecule has 324 valence electrons. The Balaban J connectivity index is 0.883. The van der Waals surface area contributed by atoms with Gasteiger partial charge in [0.05, 0.1) is 69.4 Å². The van der Waals surface area contributed by atoms with Crippen LogP contribution in [0.1, 0.15) is 36.8 Å². The number of hydrogen-bond donors (Lipinski definition) is 0. The Hall–Kier alpha value is -0.720. The van der Waals surface area contributed by atoms with E-state index in [9.17, 15) is 19.2 Å². The molecule has 12 unspecified atom stereocenters. The van der Waals surface area contributed by atoms with E-state index in [0.717, 1.165) is 0 Å². The summed E-state index contributed by atoms with van der Waals surface area (Å²) in [6.45, 7) is 0. The summed E-state index contributed by atoms with van der Waals surface area (Å²) in [6, 6.07) is 10.1. The van der Waals surface area contributed by atoms with E-state index in [1.165, 1.54) is 24.0 Å². The average Bonchev–Trinajstić information content (AvgIpc) is 3.79. The van der Waals surface area contributed by atoms with Crippen molar-refractivity contribution in [2.45, 2.75) is 60.3 Å². The van der Waals surface area contributed by atoms with Gasteiger partial charge in [-0.2, -0.15) is 0 Å². The van der Waals surface area contributed by atoms with Crippen LogP contribution in [0.5, 0.6) is 11.5 Å². The predicted octanol–water partition coefficient (Wildman–Crippen LogP) is 11.2. The fourth-order valence-electron chi connectivity index (χ4n) is 12.2. The largest absolute Gasteiger partial charge is 0.496 e. The molecule has 0 aromatic heterocycles. The van der Waals surface area contributed by atoms with Crippen LogP contribution in [-0.2, 0) is 25.6 Å². The monoisotopic (exact) mass is 1070 g/mol. The molecule has 8 aliphatic rings. The third-order valence-electron chi connectivity index (χ3n) is 15.1. The molecule has 2 aromatic carbocycles. The first kappa shape index (κ1) is 44.1. The Bertz CT molecular complexity index is 2220. The molecule has 8 nitrogen and oxygen atoms in total. The van der Waals surface area contributed by atoms with Crippen LogP contribution in [0.4, 0.5) is 11.4 Å². The van der Waals surface area contributed by atoms with Gasteiger partial charge in [-0.25, -0.2) is 9.80 Å². The first-order valence-corrected chi connectivity index (χ1v) is 23.8. The molecule has 12 atom stereocenters. The highest BCUT2D eigenvalue weighted by molar-refractivity contribution is 6.67. The van der Waals surface area contributed by atoms with Crippen LogP contribution in [0.25, 0.3) is 0 Å². The molecule has 4 bridgehead atoms. The van der Waals surface area contributed by atoms with E-state index in [4.69, 9.17) is 149 Å². The van der Waals surface area contributed by atoms with Crippen molar-refractivity contribution in [3.63, 3.8) is 0 Å². The van der Waals surface area contributed by atoms with E-state index in [1.54, 1.807) is 36.4 Å². The Morgan fingerprint density at radius 3 is 1.00 bits per heavy atom. The predicted molar refractivity (Wildman–Crippen MR) is 241 cm³/mol. The van der Waals surface area contributed by atoms with Gasteiger partial charge in [-0.3, -0.25) is 19.2 Å². The number of fused-ring (bicyclic) bond motifs is 12. The average molecular weight is 1070 g/mol. The van der Waals surface area contributed by atoms with E-state index in [0.29, 0.717) is 34.0 Å². The second-order valence-electron chi connectivity index (χ2n) is 17.2. The number of carbonyl (C=O) groups is 4. The lowest BCUT2D eigenvalue weighted by Crippen LogP contribution is -2.44. The lowest BCUT2D eigenvalue weighted by Gasteiger charge is -2.42. The molecule has 20 heteroatoms. The molecule has 2 aromatic rings. The van der Waals surface area contributed by atoms with Gasteiger partial charge >= 0.3 is 0 Å². The molecule has 10 rings (SSSR count). The minimum Gasteiger partial charge on any atom is -0.496 e. The molecular formula is C41H30Cl12N2O6. The summed E-state index contributed by atoms with van der Waals surface area (Å²) in [5, 5.41) is 0.229. The maximum atomic E-state index is 14.1. The number of rotatable bonds is 6. The van der Waals surface area contributed by atoms with Gasteiger partial charge in [-0.15, -0.1) is 46.4 Å². The molecule has 0 spiro atoms. The summed E-state index contributed by atoms with van der Waals surface area (Å²) >= 11 is 82.0. The number of ether oxygens (including phenoxy) is 2. The van der Waals surface area contributed by atoms with E-state index in [2.05, 4.69) is 0 Å². The molecule has 2 heterocycles. The van der Waals surface area contributed by atoms with Gasteiger partial charge in [0.2, 0.25) is 23.6 Å². The van der Waals surface area contributed by atoms with E-state index in [-0.39, 0.29) is 52.2 Å². The van der Waals surface area contributed by atoms with E-state index >= 15 is 0 Å². The summed E-state index contributed by atoms with van der Waals surface area (Å²) in [5.74, 6) is -5.67. The van der Waals surface area contributed by atoms with Crippen molar-refractivity contribution in [3.05, 3.63) is 67.7 Å². The van der Waals surface area contributed by atoms with Gasteiger partial charge in [-0.1, -0.05) is 105 Å². The van der Waals surface area contributed by atoms with Crippen LogP contribution in [0.15, 0.2) is 56.5 Å². The minimum atomic E-state index is -1.76. The number of hydrogen-bond acceptors (Lipinski definition) is 6. The number of imide groups is 2. The molecule has 0 N–H and O–H groups in total. The Labute approximate surface area is 410 Å². The van der Waals surface area contributed by atoms with Crippen molar-refractivity contribution >= 4 is 174 Å². The third kappa shape index (κ3) is 5.00. The number of carbonyl (C=O) groups excluding carboxylic acids is 4. The van der Waals surface area contributed by atoms with Crippen LogP contribution in [0, 0.1) is 47.3 Å². The number of nitrogens with zero attached hydrogens (tertiary/aromatic N) is 2. The second-order valence-corrected chi connectivity index (χ2v) is 23.8. The van der Waals surface area contributed by atoms with E-state index < -0.39 is 99.1 Å². The number of amides is 4. The lowest BCUT2D eigenvalue weighted by atomic mass is 9.65. The van der Waals surface area contributed by atoms with Crippen LogP contribution >= 0.6 is 139 Å². The van der Waals surface area contributed by atoms with Crippen LogP contribution in [0.3, 0.4) is 0 Å². The van der Waals surface area contributed by atoms with Gasteiger partial charge in [0, 0.05) is 18.6 Å². The summed E-state index contributed by atoms with van der Waals surface area (Å²) < 4.78 is 8.05. The van der Waals surface area contributed by atoms with Gasteiger partial charge in [-0.05, 0) is 72.6 Å². The zero-order valence-electron chi connectivity index (χ0n) is 31.5. The summed E-state index contributed by atoms with van der Waals surface area (Å²) in [4.78, 5) is 52.5. The molecule has 2 saturated heterocycles. The maximum absolute atomic E-state index is 14.1. The standard InChI is InChI=1S/C41H30Cl12N2O6/c1-60-26-8-16(54-32(56)18-10-22-23(11-19(18)33(54)57)37(47)29(43)28(42)36(22,46)40(37,50)51)5-3-14(26)7-15-4-6-17(9-27(15)61-2)55-34(58)20-12-24-25(13-21(20)35(55)59)39(49)31(45)30(44)38(24,48)41(39,52)53/h3-6,8-9,18-25H,7,10-13H2,1-2H3. The quantitative estimate of drug-likeness (QED) is 0.211. The molecule has 2 aliphatic heterocycles.